The Labute approximate surface area is 233 Å². The van der Waals surface area contributed by atoms with Gasteiger partial charge in [0.05, 0.1) is 5.54 Å². The van der Waals surface area contributed by atoms with Crippen molar-refractivity contribution in [3.05, 3.63) is 60.0 Å². The van der Waals surface area contributed by atoms with Gasteiger partial charge in [-0.1, -0.05) is 30.8 Å². The van der Waals surface area contributed by atoms with Crippen LogP contribution >= 0.6 is 11.3 Å². The van der Waals surface area contributed by atoms with E-state index in [1.54, 1.807) is 12.1 Å². The van der Waals surface area contributed by atoms with Crippen LogP contribution in [0.2, 0.25) is 0 Å². The Kier molecular flexibility index (Phi) is 7.09. The van der Waals surface area contributed by atoms with Gasteiger partial charge in [0.2, 0.25) is 0 Å². The van der Waals surface area contributed by atoms with Crippen LogP contribution in [0.15, 0.2) is 54.2 Å². The highest BCUT2D eigenvalue weighted by Gasteiger charge is 2.49. The number of rotatable bonds is 9. The van der Waals surface area contributed by atoms with Gasteiger partial charge < -0.3 is 15.4 Å². The minimum absolute atomic E-state index is 0.0231. The third-order valence-electron chi connectivity index (χ3n) is 7.74. The monoisotopic (exact) mass is 567 g/mol. The molecule has 0 radical (unpaired) electrons. The van der Waals surface area contributed by atoms with Crippen molar-refractivity contribution in [1.82, 2.24) is 20.2 Å². The smallest absolute Gasteiger partial charge is 0.319 e. The predicted octanol–water partition coefficient (Wildman–Crippen LogP) is 5.62. The van der Waals surface area contributed by atoms with Crippen LogP contribution in [0.3, 0.4) is 0 Å². The Hall–Kier alpha value is -3.70. The zero-order valence-corrected chi connectivity index (χ0v) is 22.5. The van der Waals surface area contributed by atoms with E-state index in [1.807, 2.05) is 29.6 Å². The Bertz CT molecular complexity index is 1610. The Morgan fingerprint density at radius 3 is 2.92 bits per heavy atom. The maximum Gasteiger partial charge on any atom is 0.319 e. The van der Waals surface area contributed by atoms with E-state index in [9.17, 15) is 13.6 Å². The van der Waals surface area contributed by atoms with Crippen molar-refractivity contribution in [1.29, 1.82) is 0 Å². The molecule has 4 heterocycles. The van der Waals surface area contributed by atoms with Crippen molar-refractivity contribution >= 4 is 44.1 Å². The van der Waals surface area contributed by atoms with E-state index in [0.717, 1.165) is 35.0 Å². The number of hydrogen-bond donors (Lipinski definition) is 2. The summed E-state index contributed by atoms with van der Waals surface area (Å²) < 4.78 is 50.5. The van der Waals surface area contributed by atoms with Crippen LogP contribution in [0.1, 0.15) is 19.3 Å². The molecule has 2 fully saturated rings. The SMILES string of the molecule is C=C(F)C(=O)NCCNc1nc(OCC23CCCN2C[C@H](F)C3)nc2c(F)c(-c3cccc4ccsc34)ccc12. The van der Waals surface area contributed by atoms with E-state index in [-0.39, 0.29) is 31.2 Å². The number of nitrogens with one attached hydrogen (secondary N) is 2. The molecule has 2 aromatic heterocycles. The first-order valence-corrected chi connectivity index (χ1v) is 14.1. The minimum Gasteiger partial charge on any atom is -0.461 e. The number of halogens is 3. The summed E-state index contributed by atoms with van der Waals surface area (Å²) in [6.45, 7) is 4.65. The van der Waals surface area contributed by atoms with Crippen LogP contribution in [0.5, 0.6) is 6.01 Å². The third-order valence-corrected chi connectivity index (χ3v) is 8.70. The van der Waals surface area contributed by atoms with Gasteiger partial charge in [0, 0.05) is 47.3 Å². The van der Waals surface area contributed by atoms with E-state index in [1.165, 1.54) is 11.3 Å². The molecule has 1 unspecified atom stereocenters. The molecule has 2 atom stereocenters. The van der Waals surface area contributed by atoms with E-state index >= 15 is 4.39 Å². The van der Waals surface area contributed by atoms with Crippen LogP contribution in [0.25, 0.3) is 32.1 Å². The first kappa shape index (κ1) is 26.5. The molecule has 0 aliphatic carbocycles. The zero-order chi connectivity index (χ0) is 27.9. The molecule has 208 valence electrons. The Morgan fingerprint density at radius 1 is 1.20 bits per heavy atom. The molecule has 1 amide bonds. The molecule has 7 nitrogen and oxygen atoms in total. The number of aromatic nitrogens is 2. The number of thiophene rings is 1. The lowest BCUT2D eigenvalue weighted by Gasteiger charge is -2.30. The Balaban J connectivity index is 1.35. The predicted molar refractivity (Wildman–Crippen MR) is 151 cm³/mol. The van der Waals surface area contributed by atoms with Crippen LogP contribution in [0, 0.1) is 5.82 Å². The van der Waals surface area contributed by atoms with Crippen molar-refractivity contribution in [3.63, 3.8) is 0 Å². The molecule has 40 heavy (non-hydrogen) atoms. The van der Waals surface area contributed by atoms with Gasteiger partial charge in [0.25, 0.3) is 5.91 Å². The molecule has 2 aromatic carbocycles. The second-order valence-electron chi connectivity index (χ2n) is 10.3. The summed E-state index contributed by atoms with van der Waals surface area (Å²) in [5.74, 6) is -2.19. The normalized spacial score (nSPS) is 20.6. The third kappa shape index (κ3) is 4.88. The molecule has 0 saturated carbocycles. The molecule has 2 aliphatic heterocycles. The number of fused-ring (bicyclic) bond motifs is 3. The van der Waals surface area contributed by atoms with Crippen LogP contribution < -0.4 is 15.4 Å². The quantitative estimate of drug-likeness (QED) is 0.202. The second-order valence-corrected chi connectivity index (χ2v) is 11.2. The zero-order valence-electron chi connectivity index (χ0n) is 21.7. The summed E-state index contributed by atoms with van der Waals surface area (Å²) in [4.78, 5) is 22.6. The summed E-state index contributed by atoms with van der Waals surface area (Å²) in [7, 11) is 0. The highest BCUT2D eigenvalue weighted by atomic mass is 32.1. The minimum atomic E-state index is -1.08. The van der Waals surface area contributed by atoms with Gasteiger partial charge in [-0.05, 0) is 42.3 Å². The molecule has 2 saturated heterocycles. The second kappa shape index (κ2) is 10.7. The van der Waals surface area contributed by atoms with Gasteiger partial charge in [0.15, 0.2) is 11.6 Å². The molecule has 2 N–H and O–H groups in total. The van der Waals surface area contributed by atoms with Gasteiger partial charge >= 0.3 is 6.01 Å². The van der Waals surface area contributed by atoms with Gasteiger partial charge in [-0.25, -0.2) is 13.2 Å². The number of amides is 1. The number of hydrogen-bond acceptors (Lipinski definition) is 7. The fourth-order valence-corrected chi connectivity index (χ4v) is 6.78. The first-order chi connectivity index (χ1) is 19.3. The van der Waals surface area contributed by atoms with Gasteiger partial charge in [-0.15, -0.1) is 11.3 Å². The van der Waals surface area contributed by atoms with Crippen molar-refractivity contribution in [3.8, 4) is 17.1 Å². The number of benzene rings is 2. The lowest BCUT2D eigenvalue weighted by molar-refractivity contribution is -0.118. The van der Waals surface area contributed by atoms with Crippen molar-refractivity contribution < 1.29 is 22.7 Å². The van der Waals surface area contributed by atoms with Crippen molar-refractivity contribution in [2.45, 2.75) is 31.0 Å². The molecule has 0 spiro atoms. The van der Waals surface area contributed by atoms with Crippen molar-refractivity contribution in [2.75, 3.05) is 38.1 Å². The van der Waals surface area contributed by atoms with E-state index in [4.69, 9.17) is 4.74 Å². The number of anilines is 1. The lowest BCUT2D eigenvalue weighted by Crippen LogP contribution is -2.43. The first-order valence-electron chi connectivity index (χ1n) is 13.2. The van der Waals surface area contributed by atoms with E-state index in [0.29, 0.717) is 29.7 Å². The van der Waals surface area contributed by atoms with Crippen molar-refractivity contribution in [2.24, 2.45) is 0 Å². The largest absolute Gasteiger partial charge is 0.461 e. The number of alkyl halides is 1. The Morgan fingerprint density at radius 2 is 2.08 bits per heavy atom. The van der Waals surface area contributed by atoms with E-state index in [2.05, 4.69) is 32.1 Å². The average Bonchev–Trinajstić information content (AvgIpc) is 3.64. The molecule has 11 heteroatoms. The molecule has 4 aromatic rings. The van der Waals surface area contributed by atoms with E-state index < -0.39 is 29.3 Å². The van der Waals surface area contributed by atoms with Crippen LogP contribution in [-0.2, 0) is 4.79 Å². The van der Waals surface area contributed by atoms with Gasteiger partial charge in [0.1, 0.15) is 24.1 Å². The standard InChI is InChI=1S/C29H28F3N5O2S/c1-17(30)27(38)34-11-10-33-26-22-7-6-20(21-5-2-4-18-8-13-40-25(18)21)23(32)24(22)35-28(36-26)39-16-29-9-3-12-37(29)15-19(31)14-29/h2,4-8,13,19H,1,3,9-12,14-16H2,(H,34,38)(H,33,35,36)/t19-,29?/m1/s1. The highest BCUT2D eigenvalue weighted by molar-refractivity contribution is 7.17. The molecule has 2 aliphatic rings. The fraction of sp³-hybridized carbons (Fsp3) is 0.345. The number of ether oxygens (including phenoxy) is 1. The summed E-state index contributed by atoms with van der Waals surface area (Å²) >= 11 is 1.54. The summed E-state index contributed by atoms with van der Waals surface area (Å²) in [6.07, 6.45) is 1.25. The topological polar surface area (TPSA) is 79.4 Å². The molecular weight excluding hydrogens is 539 g/mol. The fourth-order valence-electron chi connectivity index (χ4n) is 5.85. The number of carbonyl (C=O) groups is 1. The van der Waals surface area contributed by atoms with Gasteiger partial charge in [-0.3, -0.25) is 9.69 Å². The van der Waals surface area contributed by atoms with Gasteiger partial charge in [-0.2, -0.15) is 9.97 Å². The summed E-state index contributed by atoms with van der Waals surface area (Å²) in [5, 5.41) is 8.90. The lowest BCUT2D eigenvalue weighted by atomic mass is 9.95. The molecule has 0 bridgehead atoms. The maximum atomic E-state index is 16.2. The maximum absolute atomic E-state index is 16.2. The highest BCUT2D eigenvalue weighted by Crippen LogP contribution is 2.41. The molecule has 6 rings (SSSR count). The summed E-state index contributed by atoms with van der Waals surface area (Å²) in [5.41, 5.74) is 0.827. The van der Waals surface area contributed by atoms with Crippen LogP contribution in [0.4, 0.5) is 19.0 Å². The van der Waals surface area contributed by atoms with Crippen LogP contribution in [-0.4, -0.2) is 65.3 Å². The number of carbonyl (C=O) groups excluding carboxylic acids is 1. The average molecular weight is 568 g/mol. The number of nitrogens with zero attached hydrogens (tertiary/aromatic N) is 3. The summed E-state index contributed by atoms with van der Waals surface area (Å²) in [6, 6.07) is 11.2. The molecular formula is C29H28F3N5O2S.